The highest BCUT2D eigenvalue weighted by Gasteiger charge is 2.25. The van der Waals surface area contributed by atoms with Crippen molar-refractivity contribution in [1.82, 2.24) is 19.4 Å². The molecule has 0 radical (unpaired) electrons. The molecule has 33 heavy (non-hydrogen) atoms. The number of pyridine rings is 1. The first-order valence-electron chi connectivity index (χ1n) is 11.4. The zero-order valence-corrected chi connectivity index (χ0v) is 18.8. The molecule has 2 aromatic carbocycles. The highest BCUT2D eigenvalue weighted by atomic mass is 16.5. The van der Waals surface area contributed by atoms with Gasteiger partial charge in [-0.2, -0.15) is 0 Å². The average molecular weight is 444 g/mol. The molecule has 0 aliphatic carbocycles. The third kappa shape index (κ3) is 4.61. The second-order valence-corrected chi connectivity index (χ2v) is 8.43. The van der Waals surface area contributed by atoms with Crippen molar-refractivity contribution in [2.75, 3.05) is 45.2 Å². The number of nitrogens with one attached hydrogen (secondary N) is 1. The van der Waals surface area contributed by atoms with E-state index in [4.69, 9.17) is 14.8 Å². The summed E-state index contributed by atoms with van der Waals surface area (Å²) >= 11 is 0. The minimum atomic E-state index is 0.115. The highest BCUT2D eigenvalue weighted by Crippen LogP contribution is 2.32. The lowest BCUT2D eigenvalue weighted by Gasteiger charge is -2.26. The number of ether oxygens (including phenoxy) is 1. The van der Waals surface area contributed by atoms with Gasteiger partial charge in [0.2, 0.25) is 0 Å². The molecular formula is C26H29N5O2. The van der Waals surface area contributed by atoms with Crippen LogP contribution < -0.4 is 5.32 Å². The number of aromatic nitrogens is 3. The summed E-state index contributed by atoms with van der Waals surface area (Å²) in [6, 6.07) is 21.1. The summed E-state index contributed by atoms with van der Waals surface area (Å²) in [7, 11) is 1.99. The lowest BCUT2D eigenvalue weighted by Crippen LogP contribution is -2.27. The van der Waals surface area contributed by atoms with Gasteiger partial charge >= 0.3 is 0 Å². The van der Waals surface area contributed by atoms with Crippen molar-refractivity contribution in [1.29, 1.82) is 0 Å². The van der Waals surface area contributed by atoms with Crippen molar-refractivity contribution in [2.45, 2.75) is 12.6 Å². The number of aliphatic hydroxyl groups is 1. The van der Waals surface area contributed by atoms with Crippen LogP contribution in [0, 0.1) is 0 Å². The van der Waals surface area contributed by atoms with Crippen LogP contribution in [0.3, 0.4) is 0 Å². The number of aliphatic hydroxyl groups excluding tert-OH is 1. The van der Waals surface area contributed by atoms with Crippen LogP contribution >= 0.6 is 0 Å². The molecule has 1 atom stereocenters. The van der Waals surface area contributed by atoms with Gasteiger partial charge in [-0.05, 0) is 42.4 Å². The van der Waals surface area contributed by atoms with Crippen LogP contribution in [0.5, 0.6) is 0 Å². The Bertz CT molecular complexity index is 1210. The first-order chi connectivity index (χ1) is 16.2. The van der Waals surface area contributed by atoms with E-state index in [0.29, 0.717) is 19.8 Å². The third-order valence-electron chi connectivity index (χ3n) is 6.14. The smallest absolute Gasteiger partial charge is 0.136 e. The first kappa shape index (κ1) is 21.6. The second kappa shape index (κ2) is 9.70. The molecule has 0 amide bonds. The summed E-state index contributed by atoms with van der Waals surface area (Å²) < 4.78 is 8.19. The third-order valence-corrected chi connectivity index (χ3v) is 6.14. The van der Waals surface area contributed by atoms with Crippen molar-refractivity contribution in [3.8, 4) is 11.1 Å². The molecule has 1 aliphatic heterocycles. The molecule has 2 N–H and O–H groups in total. The number of nitrogens with zero attached hydrogens (tertiary/aromatic N) is 4. The summed E-state index contributed by atoms with van der Waals surface area (Å²) in [6.45, 7) is 3.64. The van der Waals surface area contributed by atoms with Crippen LogP contribution in [0.15, 0.2) is 66.9 Å². The van der Waals surface area contributed by atoms with E-state index in [-0.39, 0.29) is 12.6 Å². The number of hydrogen-bond donors (Lipinski definition) is 2. The largest absolute Gasteiger partial charge is 0.395 e. The Labute approximate surface area is 193 Å². The standard InChI is InChI=1S/C26H29N5O2/c1-30(13-14-32)12-11-27-25-10-8-21(16-28-25)20-7-9-22-23(15-20)31-24(17-33-18-26(31)29-22)19-5-3-2-4-6-19/h2-10,15-16,24,32H,11-14,17-18H2,1H3,(H,27,28). The number of anilines is 1. The van der Waals surface area contributed by atoms with Crippen molar-refractivity contribution in [2.24, 2.45) is 0 Å². The summed E-state index contributed by atoms with van der Waals surface area (Å²) in [5, 5.41) is 12.3. The molecular weight excluding hydrogens is 414 g/mol. The molecule has 2 aromatic heterocycles. The lowest BCUT2D eigenvalue weighted by molar-refractivity contribution is 0.0679. The lowest BCUT2D eigenvalue weighted by atomic mass is 10.0. The van der Waals surface area contributed by atoms with Crippen LogP contribution in [0.25, 0.3) is 22.2 Å². The van der Waals surface area contributed by atoms with E-state index in [1.54, 1.807) is 0 Å². The Morgan fingerprint density at radius 2 is 1.94 bits per heavy atom. The predicted octanol–water partition coefficient (Wildman–Crippen LogP) is 3.55. The molecule has 7 nitrogen and oxygen atoms in total. The number of likely N-dealkylation sites (N-methyl/N-ethyl adjacent to an activating group) is 1. The van der Waals surface area contributed by atoms with Gasteiger partial charge in [0.15, 0.2) is 0 Å². The number of imidazole rings is 1. The van der Waals surface area contributed by atoms with E-state index in [2.05, 4.69) is 68.3 Å². The molecule has 0 bridgehead atoms. The Morgan fingerprint density at radius 1 is 1.09 bits per heavy atom. The van der Waals surface area contributed by atoms with Crippen molar-refractivity contribution in [3.63, 3.8) is 0 Å². The second-order valence-electron chi connectivity index (χ2n) is 8.43. The van der Waals surface area contributed by atoms with Gasteiger partial charge < -0.3 is 24.6 Å². The van der Waals surface area contributed by atoms with E-state index < -0.39 is 0 Å². The van der Waals surface area contributed by atoms with Crippen LogP contribution in [-0.4, -0.2) is 64.4 Å². The normalized spacial score (nSPS) is 15.7. The maximum Gasteiger partial charge on any atom is 0.136 e. The first-order valence-corrected chi connectivity index (χ1v) is 11.4. The maximum absolute atomic E-state index is 9.00. The summed E-state index contributed by atoms with van der Waals surface area (Å²) in [4.78, 5) is 11.5. The van der Waals surface area contributed by atoms with Crippen molar-refractivity contribution >= 4 is 16.9 Å². The Morgan fingerprint density at radius 3 is 2.73 bits per heavy atom. The molecule has 0 saturated heterocycles. The SMILES string of the molecule is CN(CCO)CCNc1ccc(-c2ccc3nc4n(c3c2)C(c2ccccc2)COC4)cn1. The zero-order valence-electron chi connectivity index (χ0n) is 18.8. The topological polar surface area (TPSA) is 75.4 Å². The summed E-state index contributed by atoms with van der Waals surface area (Å²) in [6.07, 6.45) is 1.91. The van der Waals surface area contributed by atoms with Gasteiger partial charge in [0.05, 0.1) is 30.3 Å². The molecule has 5 rings (SSSR count). The predicted molar refractivity (Wildman–Crippen MR) is 130 cm³/mol. The minimum absolute atomic E-state index is 0.115. The highest BCUT2D eigenvalue weighted by molar-refractivity contribution is 5.83. The van der Waals surface area contributed by atoms with Crippen LogP contribution in [0.4, 0.5) is 5.82 Å². The fourth-order valence-electron chi connectivity index (χ4n) is 4.36. The van der Waals surface area contributed by atoms with Gasteiger partial charge in [0, 0.05) is 31.4 Å². The minimum Gasteiger partial charge on any atom is -0.395 e. The molecule has 170 valence electrons. The fraction of sp³-hybridized carbons (Fsp3) is 0.308. The summed E-state index contributed by atoms with van der Waals surface area (Å²) in [5.41, 5.74) is 5.51. The number of fused-ring (bicyclic) bond motifs is 3. The quantitative estimate of drug-likeness (QED) is 0.434. The number of hydrogen-bond acceptors (Lipinski definition) is 6. The van der Waals surface area contributed by atoms with E-state index >= 15 is 0 Å². The molecule has 3 heterocycles. The van der Waals surface area contributed by atoms with Crippen LogP contribution in [0.1, 0.15) is 17.4 Å². The van der Waals surface area contributed by atoms with Crippen LogP contribution in [0.2, 0.25) is 0 Å². The van der Waals surface area contributed by atoms with Crippen molar-refractivity contribution < 1.29 is 9.84 Å². The number of rotatable bonds is 8. The molecule has 1 aliphatic rings. The molecule has 0 spiro atoms. The molecule has 1 unspecified atom stereocenters. The zero-order chi connectivity index (χ0) is 22.6. The Balaban J connectivity index is 1.39. The molecule has 4 aromatic rings. The van der Waals surface area contributed by atoms with E-state index in [9.17, 15) is 0 Å². The monoisotopic (exact) mass is 443 g/mol. The molecule has 0 saturated carbocycles. The van der Waals surface area contributed by atoms with Crippen molar-refractivity contribution in [3.05, 3.63) is 78.2 Å². The Kier molecular flexibility index (Phi) is 6.35. The summed E-state index contributed by atoms with van der Waals surface area (Å²) in [5.74, 6) is 1.81. The van der Waals surface area contributed by atoms with Gasteiger partial charge in [-0.1, -0.05) is 36.4 Å². The fourth-order valence-corrected chi connectivity index (χ4v) is 4.36. The van der Waals surface area contributed by atoms with E-state index in [1.807, 2.05) is 25.4 Å². The van der Waals surface area contributed by atoms with E-state index in [1.165, 1.54) is 5.56 Å². The average Bonchev–Trinajstić information content (AvgIpc) is 3.23. The van der Waals surface area contributed by atoms with Crippen LogP contribution in [-0.2, 0) is 11.3 Å². The Hall–Kier alpha value is -3.26. The molecule has 0 fully saturated rings. The van der Waals surface area contributed by atoms with Gasteiger partial charge in [-0.15, -0.1) is 0 Å². The maximum atomic E-state index is 9.00. The van der Waals surface area contributed by atoms with E-state index in [0.717, 1.165) is 46.9 Å². The van der Waals surface area contributed by atoms with Gasteiger partial charge in [-0.25, -0.2) is 9.97 Å². The molecule has 7 heteroatoms. The number of benzene rings is 2. The van der Waals surface area contributed by atoms with Gasteiger partial charge in [0.25, 0.3) is 0 Å². The van der Waals surface area contributed by atoms with Gasteiger partial charge in [0.1, 0.15) is 18.2 Å². The van der Waals surface area contributed by atoms with Gasteiger partial charge in [-0.3, -0.25) is 0 Å².